The van der Waals surface area contributed by atoms with Crippen LogP contribution >= 0.6 is 11.7 Å². The molecule has 2 rings (SSSR count). The van der Waals surface area contributed by atoms with E-state index in [1.165, 1.54) is 6.20 Å². The second kappa shape index (κ2) is 4.79. The molecule has 1 aromatic heterocycles. The average molecular weight is 255 g/mol. The number of carboxylic acids is 1. The smallest absolute Gasteiger partial charge is 0.306 e. The number of amides is 1. The van der Waals surface area contributed by atoms with Crippen molar-refractivity contribution in [1.29, 1.82) is 0 Å². The quantitative estimate of drug-likeness (QED) is 0.847. The van der Waals surface area contributed by atoms with Gasteiger partial charge >= 0.3 is 5.97 Å². The Bertz CT molecular complexity index is 420. The summed E-state index contributed by atoms with van der Waals surface area (Å²) in [5.41, 5.74) is 0.343. The van der Waals surface area contributed by atoms with Crippen molar-refractivity contribution in [3.8, 4) is 0 Å². The van der Waals surface area contributed by atoms with Crippen LogP contribution in [0.4, 0.5) is 0 Å². The maximum Gasteiger partial charge on any atom is 0.306 e. The van der Waals surface area contributed by atoms with Crippen molar-refractivity contribution in [3.05, 3.63) is 11.9 Å². The summed E-state index contributed by atoms with van der Waals surface area (Å²) >= 11 is 0.997. The number of carboxylic acid groups (broad SMARTS) is 1. The van der Waals surface area contributed by atoms with Gasteiger partial charge in [-0.25, -0.2) is 0 Å². The number of likely N-dealkylation sites (tertiary alicyclic amines) is 1. The lowest BCUT2D eigenvalue weighted by atomic mass is 9.91. The van der Waals surface area contributed by atoms with Crippen LogP contribution in [0, 0.1) is 5.92 Å². The van der Waals surface area contributed by atoms with Crippen molar-refractivity contribution in [2.45, 2.75) is 25.8 Å². The van der Waals surface area contributed by atoms with Crippen LogP contribution in [-0.2, 0) is 4.79 Å². The zero-order valence-electron chi connectivity index (χ0n) is 9.37. The Kier molecular flexibility index (Phi) is 3.37. The summed E-state index contributed by atoms with van der Waals surface area (Å²) in [5, 5.41) is 8.94. The molecule has 0 radical (unpaired) electrons. The Morgan fingerprint density at radius 1 is 1.59 bits per heavy atom. The van der Waals surface area contributed by atoms with Gasteiger partial charge in [0.1, 0.15) is 0 Å². The fourth-order valence-electron chi connectivity index (χ4n) is 2.10. The summed E-state index contributed by atoms with van der Waals surface area (Å²) in [5.74, 6) is -1.28. The van der Waals surface area contributed by atoms with Gasteiger partial charge < -0.3 is 10.0 Å². The predicted octanol–water partition coefficient (Wildman–Crippen LogP) is 0.863. The highest BCUT2D eigenvalue weighted by Gasteiger charge is 2.33. The van der Waals surface area contributed by atoms with Gasteiger partial charge in [0, 0.05) is 12.6 Å². The number of rotatable bonds is 2. The third-order valence-electron chi connectivity index (χ3n) is 3.07. The highest BCUT2D eigenvalue weighted by atomic mass is 32.1. The molecule has 92 valence electrons. The molecule has 2 heterocycles. The summed E-state index contributed by atoms with van der Waals surface area (Å²) in [4.78, 5) is 24.6. The number of aliphatic carboxylic acids is 1. The maximum absolute atomic E-state index is 12.0. The standard InChI is InChI=1S/C10H13N3O3S/c1-6-4-7(10(15)16)2-3-13(6)9(14)8-5-11-17-12-8/h5-7H,2-4H2,1H3,(H,15,16). The Hall–Kier alpha value is -1.50. The molecule has 1 amide bonds. The van der Waals surface area contributed by atoms with Crippen LogP contribution in [0.25, 0.3) is 0 Å². The first-order valence-electron chi connectivity index (χ1n) is 5.41. The first-order valence-corrected chi connectivity index (χ1v) is 6.14. The van der Waals surface area contributed by atoms with Gasteiger partial charge in [-0.1, -0.05) is 0 Å². The second-order valence-electron chi connectivity index (χ2n) is 4.20. The largest absolute Gasteiger partial charge is 0.481 e. The zero-order valence-corrected chi connectivity index (χ0v) is 10.2. The van der Waals surface area contributed by atoms with Gasteiger partial charge in [-0.15, -0.1) is 0 Å². The monoisotopic (exact) mass is 255 g/mol. The molecule has 1 fully saturated rings. The minimum atomic E-state index is -0.778. The van der Waals surface area contributed by atoms with E-state index in [0.29, 0.717) is 25.1 Å². The lowest BCUT2D eigenvalue weighted by Crippen LogP contribution is -2.46. The number of carbonyl (C=O) groups excluding carboxylic acids is 1. The van der Waals surface area contributed by atoms with Crippen molar-refractivity contribution in [2.75, 3.05) is 6.54 Å². The highest BCUT2D eigenvalue weighted by molar-refractivity contribution is 6.99. The van der Waals surface area contributed by atoms with Crippen molar-refractivity contribution in [2.24, 2.45) is 5.92 Å². The number of carbonyl (C=O) groups is 2. The van der Waals surface area contributed by atoms with Gasteiger partial charge in [-0.2, -0.15) is 8.75 Å². The Labute approximate surface area is 103 Å². The summed E-state index contributed by atoms with van der Waals surface area (Å²) < 4.78 is 7.70. The van der Waals surface area contributed by atoms with E-state index in [-0.39, 0.29) is 17.9 Å². The van der Waals surface area contributed by atoms with E-state index < -0.39 is 5.97 Å². The van der Waals surface area contributed by atoms with Gasteiger partial charge in [0.25, 0.3) is 5.91 Å². The summed E-state index contributed by atoms with van der Waals surface area (Å²) in [6.07, 6.45) is 2.45. The van der Waals surface area contributed by atoms with Gasteiger partial charge in [0.05, 0.1) is 23.8 Å². The fourth-order valence-corrected chi connectivity index (χ4v) is 2.51. The maximum atomic E-state index is 12.0. The second-order valence-corrected chi connectivity index (χ2v) is 4.76. The molecule has 1 N–H and O–H groups in total. The van der Waals surface area contributed by atoms with Crippen molar-refractivity contribution in [1.82, 2.24) is 13.6 Å². The number of nitrogens with zero attached hydrogens (tertiary/aromatic N) is 3. The number of hydrogen-bond donors (Lipinski definition) is 1. The normalized spacial score (nSPS) is 24.6. The number of piperidine rings is 1. The molecular weight excluding hydrogens is 242 g/mol. The minimum Gasteiger partial charge on any atom is -0.481 e. The van der Waals surface area contributed by atoms with Crippen molar-refractivity contribution in [3.63, 3.8) is 0 Å². The van der Waals surface area contributed by atoms with Gasteiger partial charge in [-0.3, -0.25) is 9.59 Å². The molecule has 0 bridgehead atoms. The molecule has 1 aromatic rings. The van der Waals surface area contributed by atoms with Crippen LogP contribution < -0.4 is 0 Å². The van der Waals surface area contributed by atoms with E-state index in [2.05, 4.69) is 8.75 Å². The fraction of sp³-hybridized carbons (Fsp3) is 0.600. The molecule has 2 unspecified atom stereocenters. The molecule has 0 saturated carbocycles. The topological polar surface area (TPSA) is 83.4 Å². The third-order valence-corrected chi connectivity index (χ3v) is 3.54. The van der Waals surface area contributed by atoms with E-state index in [9.17, 15) is 9.59 Å². The van der Waals surface area contributed by atoms with E-state index in [1.807, 2.05) is 6.92 Å². The van der Waals surface area contributed by atoms with Crippen LogP contribution in [0.2, 0.25) is 0 Å². The molecule has 1 aliphatic rings. The van der Waals surface area contributed by atoms with E-state index in [4.69, 9.17) is 5.11 Å². The van der Waals surface area contributed by atoms with Crippen molar-refractivity contribution < 1.29 is 14.7 Å². The first-order chi connectivity index (χ1) is 8.09. The summed E-state index contributed by atoms with van der Waals surface area (Å²) in [6.45, 7) is 2.33. The molecule has 1 saturated heterocycles. The predicted molar refractivity (Wildman–Crippen MR) is 60.8 cm³/mol. The molecule has 1 aliphatic heterocycles. The van der Waals surface area contributed by atoms with Crippen LogP contribution in [0.15, 0.2) is 6.20 Å². The summed E-state index contributed by atoms with van der Waals surface area (Å²) in [6, 6.07) is -0.0703. The van der Waals surface area contributed by atoms with E-state index >= 15 is 0 Å². The molecule has 2 atom stereocenters. The third kappa shape index (κ3) is 2.44. The van der Waals surface area contributed by atoms with Crippen LogP contribution in [0.5, 0.6) is 0 Å². The molecule has 7 heteroatoms. The Morgan fingerprint density at radius 3 is 2.88 bits per heavy atom. The zero-order chi connectivity index (χ0) is 12.4. The van der Waals surface area contributed by atoms with Crippen molar-refractivity contribution >= 4 is 23.6 Å². The lowest BCUT2D eigenvalue weighted by molar-refractivity contribution is -0.143. The molecule has 0 spiro atoms. The molecule has 17 heavy (non-hydrogen) atoms. The van der Waals surface area contributed by atoms with Crippen LogP contribution in [0.3, 0.4) is 0 Å². The molecular formula is C10H13N3O3S. The van der Waals surface area contributed by atoms with E-state index in [0.717, 1.165) is 11.7 Å². The average Bonchev–Trinajstić information content (AvgIpc) is 2.81. The van der Waals surface area contributed by atoms with Crippen LogP contribution in [-0.4, -0.2) is 43.2 Å². The number of aromatic nitrogens is 2. The van der Waals surface area contributed by atoms with Crippen LogP contribution in [0.1, 0.15) is 30.3 Å². The SMILES string of the molecule is CC1CC(C(=O)O)CCN1C(=O)c1cnsn1. The molecule has 6 nitrogen and oxygen atoms in total. The van der Waals surface area contributed by atoms with E-state index in [1.54, 1.807) is 4.90 Å². The van der Waals surface area contributed by atoms with Gasteiger partial charge in [-0.05, 0) is 19.8 Å². The van der Waals surface area contributed by atoms with Gasteiger partial charge in [0.15, 0.2) is 5.69 Å². The summed E-state index contributed by atoms with van der Waals surface area (Å²) in [7, 11) is 0. The minimum absolute atomic E-state index is 0.0703. The Balaban J connectivity index is 2.05. The van der Waals surface area contributed by atoms with Gasteiger partial charge in [0.2, 0.25) is 0 Å². The highest BCUT2D eigenvalue weighted by Crippen LogP contribution is 2.24. The first kappa shape index (κ1) is 12.0. The molecule has 0 aliphatic carbocycles. The lowest BCUT2D eigenvalue weighted by Gasteiger charge is -2.35. The number of hydrogen-bond acceptors (Lipinski definition) is 5. The molecule has 0 aromatic carbocycles. The Morgan fingerprint density at radius 2 is 2.35 bits per heavy atom.